The first-order valence-electron chi connectivity index (χ1n) is 6.72. The van der Waals surface area contributed by atoms with Crippen molar-refractivity contribution >= 4 is 23.6 Å². The van der Waals surface area contributed by atoms with E-state index in [2.05, 4.69) is 4.98 Å². The molecule has 0 aliphatic carbocycles. The summed E-state index contributed by atoms with van der Waals surface area (Å²) < 4.78 is 1.87. The molecule has 0 bridgehead atoms. The van der Waals surface area contributed by atoms with E-state index in [1.807, 2.05) is 22.6 Å². The van der Waals surface area contributed by atoms with E-state index in [0.29, 0.717) is 18.1 Å². The number of carbonyl (C=O) groups excluding carboxylic acids is 1. The van der Waals surface area contributed by atoms with E-state index in [1.165, 1.54) is 11.8 Å². The summed E-state index contributed by atoms with van der Waals surface area (Å²) in [6, 6.07) is 0. The molecule has 1 aliphatic heterocycles. The quantitative estimate of drug-likeness (QED) is 0.803. The van der Waals surface area contributed by atoms with Crippen LogP contribution >= 0.6 is 11.8 Å². The van der Waals surface area contributed by atoms with Crippen molar-refractivity contribution in [3.63, 3.8) is 0 Å². The molecule has 1 amide bonds. The Morgan fingerprint density at radius 3 is 2.75 bits per heavy atom. The third kappa shape index (κ3) is 4.00. The van der Waals surface area contributed by atoms with Crippen LogP contribution in [-0.4, -0.2) is 50.3 Å². The molecule has 0 aromatic carbocycles. The molecule has 1 aromatic rings. The molecule has 0 atom stereocenters. The van der Waals surface area contributed by atoms with E-state index >= 15 is 0 Å². The first kappa shape index (κ1) is 14.9. The number of aromatic nitrogens is 2. The molecule has 0 unspecified atom stereocenters. The van der Waals surface area contributed by atoms with Crippen molar-refractivity contribution in [1.29, 1.82) is 0 Å². The predicted molar refractivity (Wildman–Crippen MR) is 75.8 cm³/mol. The van der Waals surface area contributed by atoms with Gasteiger partial charge >= 0.3 is 5.97 Å². The molecule has 2 rings (SSSR count). The summed E-state index contributed by atoms with van der Waals surface area (Å²) in [5, 5.41) is 9.38. The number of carbonyl (C=O) groups is 2. The van der Waals surface area contributed by atoms with Gasteiger partial charge in [-0.1, -0.05) is 11.8 Å². The maximum atomic E-state index is 12.0. The summed E-state index contributed by atoms with van der Waals surface area (Å²) >= 11 is 1.19. The summed E-state index contributed by atoms with van der Waals surface area (Å²) in [6.45, 7) is 4.15. The van der Waals surface area contributed by atoms with Crippen LogP contribution in [-0.2, 0) is 16.1 Å². The van der Waals surface area contributed by atoms with Crippen molar-refractivity contribution in [2.75, 3.05) is 18.8 Å². The Bertz CT molecular complexity index is 495. The molecule has 7 heteroatoms. The minimum Gasteiger partial charge on any atom is -0.481 e. The molecule has 1 aromatic heterocycles. The van der Waals surface area contributed by atoms with Gasteiger partial charge in [0.15, 0.2) is 5.16 Å². The van der Waals surface area contributed by atoms with E-state index in [9.17, 15) is 9.59 Å². The van der Waals surface area contributed by atoms with Gasteiger partial charge in [0.25, 0.3) is 0 Å². The summed E-state index contributed by atoms with van der Waals surface area (Å²) in [4.78, 5) is 28.8. The maximum absolute atomic E-state index is 12.0. The number of carboxylic acids is 1. The van der Waals surface area contributed by atoms with Crippen LogP contribution in [0.5, 0.6) is 0 Å². The molecule has 1 saturated heterocycles. The number of hydrogen-bond donors (Lipinski definition) is 1. The third-order valence-corrected chi connectivity index (χ3v) is 4.19. The van der Waals surface area contributed by atoms with Crippen LogP contribution in [0.1, 0.15) is 25.0 Å². The first-order chi connectivity index (χ1) is 9.56. The maximum Gasteiger partial charge on any atom is 0.313 e. The smallest absolute Gasteiger partial charge is 0.313 e. The minimum absolute atomic E-state index is 0.0173. The number of aryl methyl sites for hydroxylation is 2. The Morgan fingerprint density at radius 1 is 1.40 bits per heavy atom. The van der Waals surface area contributed by atoms with Gasteiger partial charge in [-0.2, -0.15) is 0 Å². The largest absolute Gasteiger partial charge is 0.481 e. The fourth-order valence-corrected chi connectivity index (χ4v) is 3.04. The van der Waals surface area contributed by atoms with E-state index < -0.39 is 5.97 Å². The molecule has 1 fully saturated rings. The summed E-state index contributed by atoms with van der Waals surface area (Å²) in [7, 11) is 0. The number of thioether (sulfide) groups is 1. The molecule has 0 spiro atoms. The Hall–Kier alpha value is -1.50. The number of carboxylic acid groups (broad SMARTS) is 1. The second-order valence-electron chi connectivity index (χ2n) is 4.88. The van der Waals surface area contributed by atoms with Gasteiger partial charge in [0.05, 0.1) is 11.4 Å². The molecule has 6 nitrogen and oxygen atoms in total. The van der Waals surface area contributed by atoms with Crippen LogP contribution in [0.25, 0.3) is 0 Å². The Morgan fingerprint density at radius 2 is 2.10 bits per heavy atom. The fourth-order valence-electron chi connectivity index (χ4n) is 2.27. The van der Waals surface area contributed by atoms with E-state index in [0.717, 1.165) is 31.6 Å². The first-order valence-corrected chi connectivity index (χ1v) is 7.71. The highest BCUT2D eigenvalue weighted by molar-refractivity contribution is 7.99. The molecule has 110 valence electrons. The standard InChI is InChI=1S/C13H19N3O3S/c1-10-8-16(13(14-10)20-9-12(18)19)7-4-11(17)15-5-2-3-6-15/h8H,2-7,9H2,1H3,(H,18,19). The Labute approximate surface area is 122 Å². The van der Waals surface area contributed by atoms with Gasteiger partial charge in [0.1, 0.15) is 0 Å². The number of imidazole rings is 1. The molecular weight excluding hydrogens is 278 g/mol. The number of aliphatic carboxylic acids is 1. The highest BCUT2D eigenvalue weighted by atomic mass is 32.2. The van der Waals surface area contributed by atoms with Crippen LogP contribution in [0.2, 0.25) is 0 Å². The van der Waals surface area contributed by atoms with Crippen molar-refractivity contribution in [3.05, 3.63) is 11.9 Å². The van der Waals surface area contributed by atoms with Crippen LogP contribution in [0, 0.1) is 6.92 Å². The lowest BCUT2D eigenvalue weighted by Gasteiger charge is -2.15. The van der Waals surface area contributed by atoms with E-state index in [-0.39, 0.29) is 11.7 Å². The highest BCUT2D eigenvalue weighted by Crippen LogP contribution is 2.18. The fraction of sp³-hybridized carbons (Fsp3) is 0.615. The van der Waals surface area contributed by atoms with Crippen molar-refractivity contribution in [2.24, 2.45) is 0 Å². The zero-order valence-corrected chi connectivity index (χ0v) is 12.4. The number of hydrogen-bond acceptors (Lipinski definition) is 4. The lowest BCUT2D eigenvalue weighted by atomic mass is 10.3. The predicted octanol–water partition coefficient (Wildman–Crippen LogP) is 1.38. The zero-order chi connectivity index (χ0) is 14.5. The SMILES string of the molecule is Cc1cn(CCC(=O)N2CCCC2)c(SCC(=O)O)n1. The summed E-state index contributed by atoms with van der Waals surface area (Å²) in [6.07, 6.45) is 4.49. The average Bonchev–Trinajstić information content (AvgIpc) is 3.02. The number of amides is 1. The summed E-state index contributed by atoms with van der Waals surface area (Å²) in [5.41, 5.74) is 0.839. The lowest BCUT2D eigenvalue weighted by molar-refractivity contribution is -0.134. The summed E-state index contributed by atoms with van der Waals surface area (Å²) in [5.74, 6) is -0.713. The van der Waals surface area contributed by atoms with Crippen molar-refractivity contribution in [3.8, 4) is 0 Å². The second kappa shape index (κ2) is 6.78. The van der Waals surface area contributed by atoms with Gasteiger partial charge in [-0.05, 0) is 19.8 Å². The molecular formula is C13H19N3O3S. The van der Waals surface area contributed by atoms with Gasteiger partial charge in [0, 0.05) is 32.3 Å². The van der Waals surface area contributed by atoms with Gasteiger partial charge in [-0.3, -0.25) is 9.59 Å². The monoisotopic (exact) mass is 297 g/mol. The van der Waals surface area contributed by atoms with Crippen LogP contribution in [0.3, 0.4) is 0 Å². The van der Waals surface area contributed by atoms with Crippen LogP contribution < -0.4 is 0 Å². The van der Waals surface area contributed by atoms with Crippen molar-refractivity contribution < 1.29 is 14.7 Å². The second-order valence-corrected chi connectivity index (χ2v) is 5.82. The zero-order valence-electron chi connectivity index (χ0n) is 11.5. The topological polar surface area (TPSA) is 75.4 Å². The van der Waals surface area contributed by atoms with Gasteiger partial charge in [-0.25, -0.2) is 4.98 Å². The highest BCUT2D eigenvalue weighted by Gasteiger charge is 2.18. The van der Waals surface area contributed by atoms with Gasteiger partial charge in [0.2, 0.25) is 5.91 Å². The van der Waals surface area contributed by atoms with E-state index in [1.54, 1.807) is 0 Å². The molecule has 2 heterocycles. The molecule has 1 aliphatic rings. The molecule has 20 heavy (non-hydrogen) atoms. The van der Waals surface area contributed by atoms with Crippen LogP contribution in [0.15, 0.2) is 11.4 Å². The normalized spacial score (nSPS) is 14.8. The average molecular weight is 297 g/mol. The van der Waals surface area contributed by atoms with Gasteiger partial charge < -0.3 is 14.6 Å². The number of nitrogens with zero attached hydrogens (tertiary/aromatic N) is 3. The van der Waals surface area contributed by atoms with Gasteiger partial charge in [-0.15, -0.1) is 0 Å². The Kier molecular flexibility index (Phi) is 5.05. The molecule has 0 saturated carbocycles. The number of rotatable bonds is 6. The molecule has 1 N–H and O–H groups in total. The Balaban J connectivity index is 1.91. The molecule has 0 radical (unpaired) electrons. The number of likely N-dealkylation sites (tertiary alicyclic amines) is 1. The van der Waals surface area contributed by atoms with Crippen molar-refractivity contribution in [1.82, 2.24) is 14.5 Å². The van der Waals surface area contributed by atoms with Crippen molar-refractivity contribution in [2.45, 2.75) is 37.9 Å². The minimum atomic E-state index is -0.865. The lowest BCUT2D eigenvalue weighted by Crippen LogP contribution is -2.28. The van der Waals surface area contributed by atoms with Crippen LogP contribution in [0.4, 0.5) is 0 Å². The third-order valence-electron chi connectivity index (χ3n) is 3.21. The van der Waals surface area contributed by atoms with E-state index in [4.69, 9.17) is 5.11 Å².